The fraction of sp³-hybridized carbons (Fsp3) is 1.00. The Morgan fingerprint density at radius 3 is 2.47 bits per heavy atom. The van der Waals surface area contributed by atoms with E-state index in [1.807, 2.05) is 0 Å². The molecule has 0 N–H and O–H groups in total. The monoisotopic (exact) mass is 215 g/mol. The molecule has 1 fully saturated rings. The van der Waals surface area contributed by atoms with Crippen LogP contribution in [0.3, 0.4) is 0 Å². The average Bonchev–Trinajstić information content (AvgIpc) is 2.31. The summed E-state index contributed by atoms with van der Waals surface area (Å²) < 4.78 is 11.1. The SMILES string of the molecule is CCC(C)N(CC)CCC1OCCCO1. The zero-order valence-electron chi connectivity index (χ0n) is 10.4. The van der Waals surface area contributed by atoms with Gasteiger partial charge in [0.2, 0.25) is 0 Å². The Morgan fingerprint density at radius 2 is 1.93 bits per heavy atom. The molecule has 1 saturated heterocycles. The lowest BCUT2D eigenvalue weighted by Gasteiger charge is -2.30. The molecule has 0 aromatic rings. The minimum Gasteiger partial charge on any atom is -0.353 e. The minimum absolute atomic E-state index is 0.0388. The Bertz CT molecular complexity index is 158. The van der Waals surface area contributed by atoms with Crippen LogP contribution in [-0.4, -0.2) is 43.5 Å². The highest BCUT2D eigenvalue weighted by molar-refractivity contribution is 4.65. The molecule has 3 nitrogen and oxygen atoms in total. The topological polar surface area (TPSA) is 21.7 Å². The van der Waals surface area contributed by atoms with Crippen LogP contribution < -0.4 is 0 Å². The smallest absolute Gasteiger partial charge is 0.158 e. The van der Waals surface area contributed by atoms with Crippen molar-refractivity contribution < 1.29 is 9.47 Å². The van der Waals surface area contributed by atoms with Gasteiger partial charge in [-0.2, -0.15) is 0 Å². The van der Waals surface area contributed by atoms with Gasteiger partial charge in [-0.25, -0.2) is 0 Å². The summed E-state index contributed by atoms with van der Waals surface area (Å²) in [6, 6.07) is 0.665. The molecule has 1 unspecified atom stereocenters. The van der Waals surface area contributed by atoms with E-state index < -0.39 is 0 Å². The van der Waals surface area contributed by atoms with Gasteiger partial charge in [-0.3, -0.25) is 0 Å². The van der Waals surface area contributed by atoms with E-state index in [1.54, 1.807) is 0 Å². The number of ether oxygens (including phenoxy) is 2. The minimum atomic E-state index is 0.0388. The highest BCUT2D eigenvalue weighted by Gasteiger charge is 2.17. The summed E-state index contributed by atoms with van der Waals surface area (Å²) in [5.74, 6) is 0. The van der Waals surface area contributed by atoms with Gasteiger partial charge in [-0.05, 0) is 26.3 Å². The Kier molecular flexibility index (Phi) is 6.22. The molecule has 0 aromatic carbocycles. The van der Waals surface area contributed by atoms with E-state index in [-0.39, 0.29) is 6.29 Å². The Hall–Kier alpha value is -0.120. The number of hydrogen-bond acceptors (Lipinski definition) is 3. The van der Waals surface area contributed by atoms with Gasteiger partial charge in [0.25, 0.3) is 0 Å². The second kappa shape index (κ2) is 7.20. The van der Waals surface area contributed by atoms with E-state index in [0.29, 0.717) is 6.04 Å². The van der Waals surface area contributed by atoms with Crippen LogP contribution in [0, 0.1) is 0 Å². The van der Waals surface area contributed by atoms with Crippen LogP contribution in [0.5, 0.6) is 0 Å². The van der Waals surface area contributed by atoms with Crippen LogP contribution in [0.25, 0.3) is 0 Å². The maximum atomic E-state index is 5.54. The van der Waals surface area contributed by atoms with Crippen molar-refractivity contribution in [2.45, 2.75) is 52.4 Å². The first-order valence-corrected chi connectivity index (χ1v) is 6.25. The highest BCUT2D eigenvalue weighted by Crippen LogP contribution is 2.11. The molecule has 1 aliphatic rings. The fourth-order valence-electron chi connectivity index (χ4n) is 1.92. The predicted molar refractivity (Wildman–Crippen MR) is 61.9 cm³/mol. The molecule has 0 aromatic heterocycles. The van der Waals surface area contributed by atoms with Crippen molar-refractivity contribution in [3.8, 4) is 0 Å². The van der Waals surface area contributed by atoms with Gasteiger partial charge >= 0.3 is 0 Å². The molecule has 0 radical (unpaired) electrons. The molecule has 0 aliphatic carbocycles. The van der Waals surface area contributed by atoms with E-state index in [4.69, 9.17) is 9.47 Å². The van der Waals surface area contributed by atoms with Gasteiger partial charge in [-0.15, -0.1) is 0 Å². The van der Waals surface area contributed by atoms with Crippen LogP contribution in [0.2, 0.25) is 0 Å². The quantitative estimate of drug-likeness (QED) is 0.678. The summed E-state index contributed by atoms with van der Waals surface area (Å²) in [6.07, 6.45) is 3.29. The molecule has 3 heteroatoms. The van der Waals surface area contributed by atoms with Crippen molar-refractivity contribution in [1.29, 1.82) is 0 Å². The van der Waals surface area contributed by atoms with Crippen molar-refractivity contribution >= 4 is 0 Å². The normalized spacial score (nSPS) is 20.8. The first kappa shape index (κ1) is 12.9. The maximum absolute atomic E-state index is 5.54. The second-order valence-corrected chi connectivity index (χ2v) is 4.20. The Labute approximate surface area is 93.7 Å². The van der Waals surface area contributed by atoms with Crippen molar-refractivity contribution in [2.24, 2.45) is 0 Å². The van der Waals surface area contributed by atoms with Crippen LogP contribution in [-0.2, 0) is 9.47 Å². The standard InChI is InChI=1S/C12H25NO2/c1-4-11(3)13(5-2)8-7-12-14-9-6-10-15-12/h11-12H,4-10H2,1-3H3. The first-order valence-electron chi connectivity index (χ1n) is 6.25. The zero-order chi connectivity index (χ0) is 11.1. The van der Waals surface area contributed by atoms with Crippen LogP contribution in [0.4, 0.5) is 0 Å². The van der Waals surface area contributed by atoms with E-state index in [2.05, 4.69) is 25.7 Å². The largest absolute Gasteiger partial charge is 0.353 e. The lowest BCUT2D eigenvalue weighted by molar-refractivity contribution is -0.183. The van der Waals surface area contributed by atoms with Gasteiger partial charge in [0.1, 0.15) is 0 Å². The molecular formula is C12H25NO2. The number of hydrogen-bond donors (Lipinski definition) is 0. The van der Waals surface area contributed by atoms with Crippen LogP contribution >= 0.6 is 0 Å². The van der Waals surface area contributed by atoms with Crippen molar-refractivity contribution in [2.75, 3.05) is 26.3 Å². The summed E-state index contributed by atoms with van der Waals surface area (Å²) in [7, 11) is 0. The molecule has 1 atom stereocenters. The highest BCUT2D eigenvalue weighted by atomic mass is 16.7. The van der Waals surface area contributed by atoms with Gasteiger partial charge in [0.15, 0.2) is 6.29 Å². The first-order chi connectivity index (χ1) is 7.27. The zero-order valence-corrected chi connectivity index (χ0v) is 10.4. The molecule has 15 heavy (non-hydrogen) atoms. The third-order valence-electron chi connectivity index (χ3n) is 3.17. The third kappa shape index (κ3) is 4.49. The average molecular weight is 215 g/mol. The Morgan fingerprint density at radius 1 is 1.27 bits per heavy atom. The summed E-state index contributed by atoms with van der Waals surface area (Å²) in [5, 5.41) is 0. The lowest BCUT2D eigenvalue weighted by Crippen LogP contribution is -2.36. The molecule has 0 amide bonds. The van der Waals surface area contributed by atoms with E-state index in [9.17, 15) is 0 Å². The second-order valence-electron chi connectivity index (χ2n) is 4.20. The number of rotatable bonds is 6. The molecule has 1 aliphatic heterocycles. The summed E-state index contributed by atoms with van der Waals surface area (Å²) in [6.45, 7) is 10.7. The molecule has 90 valence electrons. The van der Waals surface area contributed by atoms with Crippen LogP contribution in [0.1, 0.15) is 40.0 Å². The molecule has 0 spiro atoms. The van der Waals surface area contributed by atoms with Gasteiger partial charge in [0.05, 0.1) is 13.2 Å². The van der Waals surface area contributed by atoms with Crippen molar-refractivity contribution in [3.05, 3.63) is 0 Å². The molecule has 1 rings (SSSR count). The van der Waals surface area contributed by atoms with E-state index in [0.717, 1.165) is 39.1 Å². The maximum Gasteiger partial charge on any atom is 0.158 e. The Balaban J connectivity index is 2.20. The van der Waals surface area contributed by atoms with E-state index in [1.165, 1.54) is 6.42 Å². The van der Waals surface area contributed by atoms with Crippen LogP contribution in [0.15, 0.2) is 0 Å². The van der Waals surface area contributed by atoms with Gasteiger partial charge < -0.3 is 14.4 Å². The lowest BCUT2D eigenvalue weighted by atomic mass is 10.2. The summed E-state index contributed by atoms with van der Waals surface area (Å²) in [4.78, 5) is 2.49. The van der Waals surface area contributed by atoms with E-state index >= 15 is 0 Å². The van der Waals surface area contributed by atoms with Gasteiger partial charge in [0, 0.05) is 19.0 Å². The fourth-order valence-corrected chi connectivity index (χ4v) is 1.92. The predicted octanol–water partition coefficient (Wildman–Crippen LogP) is 2.26. The number of nitrogens with zero attached hydrogens (tertiary/aromatic N) is 1. The summed E-state index contributed by atoms with van der Waals surface area (Å²) in [5.41, 5.74) is 0. The molecule has 0 bridgehead atoms. The summed E-state index contributed by atoms with van der Waals surface area (Å²) >= 11 is 0. The van der Waals surface area contributed by atoms with Crippen molar-refractivity contribution in [1.82, 2.24) is 4.90 Å². The van der Waals surface area contributed by atoms with Gasteiger partial charge in [-0.1, -0.05) is 13.8 Å². The molecule has 1 heterocycles. The van der Waals surface area contributed by atoms with Crippen molar-refractivity contribution in [3.63, 3.8) is 0 Å². The molecule has 0 saturated carbocycles. The molecular weight excluding hydrogens is 190 g/mol. The third-order valence-corrected chi connectivity index (χ3v) is 3.17.